The third kappa shape index (κ3) is 2.98. The number of hydrogen-bond acceptors (Lipinski definition) is 0. The molecular weight excluding hydrogens is 334 g/mol. The van der Waals surface area contributed by atoms with Crippen molar-refractivity contribution >= 4 is 27.5 Å². The maximum absolute atomic E-state index is 13.3. The Balaban J connectivity index is 2.53. The fraction of sp³-hybridized carbons (Fsp3) is 0.200. The van der Waals surface area contributed by atoms with Crippen molar-refractivity contribution in [3.8, 4) is 0 Å². The molecule has 0 spiro atoms. The van der Waals surface area contributed by atoms with Gasteiger partial charge in [0.05, 0.1) is 4.83 Å². The molecule has 0 aromatic heterocycles. The van der Waals surface area contributed by atoms with Gasteiger partial charge < -0.3 is 0 Å². The predicted octanol–water partition coefficient (Wildman–Crippen LogP) is 5.72. The Morgan fingerprint density at radius 3 is 2.11 bits per heavy atom. The zero-order valence-corrected chi connectivity index (χ0v) is 12.8. The van der Waals surface area contributed by atoms with Gasteiger partial charge in [-0.1, -0.05) is 33.6 Å². The van der Waals surface area contributed by atoms with Crippen LogP contribution in [0.5, 0.6) is 0 Å². The van der Waals surface area contributed by atoms with E-state index in [-0.39, 0.29) is 16.5 Å². The third-order valence-electron chi connectivity index (χ3n) is 3.05. The van der Waals surface area contributed by atoms with E-state index in [0.29, 0.717) is 5.02 Å². The molecule has 0 radical (unpaired) electrons. The molecule has 0 aliphatic heterocycles. The highest BCUT2D eigenvalue weighted by molar-refractivity contribution is 9.09. The summed E-state index contributed by atoms with van der Waals surface area (Å²) in [6, 6.07) is 7.24. The number of benzene rings is 2. The average molecular weight is 346 g/mol. The molecule has 4 heteroatoms. The fourth-order valence-electron chi connectivity index (χ4n) is 2.18. The minimum Gasteiger partial charge on any atom is -0.207 e. The van der Waals surface area contributed by atoms with Crippen LogP contribution in [0.3, 0.4) is 0 Å². The lowest BCUT2D eigenvalue weighted by molar-refractivity contribution is 0.624. The van der Waals surface area contributed by atoms with E-state index >= 15 is 0 Å². The maximum atomic E-state index is 13.3. The highest BCUT2D eigenvalue weighted by Gasteiger charge is 2.19. The van der Waals surface area contributed by atoms with Crippen LogP contribution in [0.2, 0.25) is 5.02 Å². The molecule has 0 nitrogen and oxygen atoms in total. The van der Waals surface area contributed by atoms with E-state index in [1.807, 2.05) is 13.8 Å². The number of hydrogen-bond donors (Lipinski definition) is 0. The predicted molar refractivity (Wildman–Crippen MR) is 78.1 cm³/mol. The summed E-state index contributed by atoms with van der Waals surface area (Å²) in [5, 5.41) is 0.352. The van der Waals surface area contributed by atoms with E-state index in [2.05, 4.69) is 15.9 Å². The molecule has 0 N–H and O–H groups in total. The van der Waals surface area contributed by atoms with Crippen molar-refractivity contribution in [3.05, 3.63) is 69.2 Å². The van der Waals surface area contributed by atoms with Gasteiger partial charge >= 0.3 is 0 Å². The van der Waals surface area contributed by atoms with Gasteiger partial charge in [0.25, 0.3) is 0 Å². The average Bonchev–Trinajstić information content (AvgIpc) is 2.26. The van der Waals surface area contributed by atoms with Gasteiger partial charge in [-0.25, -0.2) is 8.78 Å². The Labute approximate surface area is 124 Å². The van der Waals surface area contributed by atoms with Gasteiger partial charge in [-0.3, -0.25) is 0 Å². The fourth-order valence-corrected chi connectivity index (χ4v) is 3.71. The van der Waals surface area contributed by atoms with Crippen molar-refractivity contribution in [3.63, 3.8) is 0 Å². The molecule has 0 fully saturated rings. The molecule has 0 heterocycles. The lowest BCUT2D eigenvalue weighted by Crippen LogP contribution is -2.01. The Kier molecular flexibility index (Phi) is 4.26. The monoisotopic (exact) mass is 344 g/mol. The summed E-state index contributed by atoms with van der Waals surface area (Å²) in [6.45, 7) is 3.69. The third-order valence-corrected chi connectivity index (χ3v) is 4.33. The van der Waals surface area contributed by atoms with E-state index in [4.69, 9.17) is 11.6 Å². The van der Waals surface area contributed by atoms with Gasteiger partial charge in [-0.05, 0) is 60.4 Å². The van der Waals surface area contributed by atoms with E-state index in [0.717, 1.165) is 22.3 Å². The number of halogens is 4. The second-order valence-electron chi connectivity index (χ2n) is 4.48. The number of aryl methyl sites for hydroxylation is 2. The Morgan fingerprint density at radius 1 is 1.00 bits per heavy atom. The number of rotatable bonds is 2. The summed E-state index contributed by atoms with van der Waals surface area (Å²) in [7, 11) is 0. The molecule has 0 aliphatic carbocycles. The van der Waals surface area contributed by atoms with Crippen LogP contribution in [0.25, 0.3) is 0 Å². The first kappa shape index (κ1) is 14.5. The minimum absolute atomic E-state index is 0.193. The van der Waals surface area contributed by atoms with Crippen molar-refractivity contribution < 1.29 is 8.78 Å². The van der Waals surface area contributed by atoms with Crippen LogP contribution in [0, 0.1) is 25.5 Å². The quantitative estimate of drug-likeness (QED) is 0.611. The molecule has 1 unspecified atom stereocenters. The van der Waals surface area contributed by atoms with Crippen molar-refractivity contribution in [2.45, 2.75) is 18.7 Å². The molecule has 19 heavy (non-hydrogen) atoms. The first-order valence-corrected chi connectivity index (χ1v) is 7.05. The first-order chi connectivity index (χ1) is 8.90. The summed E-state index contributed by atoms with van der Waals surface area (Å²) >= 11 is 9.63. The van der Waals surface area contributed by atoms with Gasteiger partial charge in [0, 0.05) is 5.02 Å². The highest BCUT2D eigenvalue weighted by atomic mass is 79.9. The zero-order valence-electron chi connectivity index (χ0n) is 10.5. The van der Waals surface area contributed by atoms with Gasteiger partial charge in [-0.2, -0.15) is 0 Å². The molecule has 0 bridgehead atoms. The van der Waals surface area contributed by atoms with E-state index in [1.165, 1.54) is 24.3 Å². The van der Waals surface area contributed by atoms with Gasteiger partial charge in [0.1, 0.15) is 11.6 Å². The van der Waals surface area contributed by atoms with Crippen molar-refractivity contribution in [2.75, 3.05) is 0 Å². The molecule has 0 saturated heterocycles. The summed E-state index contributed by atoms with van der Waals surface area (Å²) < 4.78 is 26.4. The number of alkyl halides is 1. The van der Waals surface area contributed by atoms with Crippen LogP contribution in [0.4, 0.5) is 8.78 Å². The largest absolute Gasteiger partial charge is 0.207 e. The van der Waals surface area contributed by atoms with Gasteiger partial charge in [0.15, 0.2) is 0 Å². The molecule has 1 atom stereocenters. The molecule has 0 amide bonds. The van der Waals surface area contributed by atoms with Crippen molar-refractivity contribution in [1.29, 1.82) is 0 Å². The summed E-state index contributed by atoms with van der Waals surface area (Å²) in [5.41, 5.74) is 3.38. The van der Waals surface area contributed by atoms with Crippen LogP contribution in [-0.2, 0) is 0 Å². The Bertz CT molecular complexity index is 603. The first-order valence-electron chi connectivity index (χ1n) is 5.76. The summed E-state index contributed by atoms with van der Waals surface area (Å²) in [5.74, 6) is -0.635. The Hall–Kier alpha value is -0.930. The lowest BCUT2D eigenvalue weighted by Gasteiger charge is -2.18. The molecule has 2 aromatic carbocycles. The van der Waals surface area contributed by atoms with Crippen LogP contribution >= 0.6 is 27.5 Å². The van der Waals surface area contributed by atoms with E-state index < -0.39 is 0 Å². The standard InChI is InChI=1S/C15H12BrClF2/c1-8-5-11(19)6-9(2)14(8)15(16)12-4-3-10(18)7-13(12)17/h3-7,15H,1-2H3. The topological polar surface area (TPSA) is 0 Å². The van der Waals surface area contributed by atoms with Crippen LogP contribution in [-0.4, -0.2) is 0 Å². The smallest absolute Gasteiger partial charge is 0.124 e. The normalized spacial score (nSPS) is 12.5. The lowest BCUT2D eigenvalue weighted by atomic mass is 9.96. The molecule has 100 valence electrons. The van der Waals surface area contributed by atoms with Crippen LogP contribution in [0.15, 0.2) is 30.3 Å². The summed E-state index contributed by atoms with van der Waals surface area (Å²) in [6.07, 6.45) is 0. The van der Waals surface area contributed by atoms with Gasteiger partial charge in [0.2, 0.25) is 0 Å². The van der Waals surface area contributed by atoms with Crippen LogP contribution < -0.4 is 0 Å². The molecule has 2 rings (SSSR count). The van der Waals surface area contributed by atoms with Gasteiger partial charge in [-0.15, -0.1) is 0 Å². The molecule has 0 saturated carbocycles. The van der Waals surface area contributed by atoms with E-state index in [1.54, 1.807) is 6.07 Å². The van der Waals surface area contributed by atoms with Crippen LogP contribution in [0.1, 0.15) is 27.1 Å². The zero-order chi connectivity index (χ0) is 14.2. The maximum Gasteiger partial charge on any atom is 0.124 e. The summed E-state index contributed by atoms with van der Waals surface area (Å²) in [4.78, 5) is -0.193. The SMILES string of the molecule is Cc1cc(F)cc(C)c1C(Br)c1ccc(F)cc1Cl. The second kappa shape index (κ2) is 5.59. The molecular formula is C15H12BrClF2. The molecule has 2 aromatic rings. The Morgan fingerprint density at radius 2 is 1.58 bits per heavy atom. The van der Waals surface area contributed by atoms with Crippen molar-refractivity contribution in [2.24, 2.45) is 0 Å². The highest BCUT2D eigenvalue weighted by Crippen LogP contribution is 2.38. The van der Waals surface area contributed by atoms with Crippen molar-refractivity contribution in [1.82, 2.24) is 0 Å². The minimum atomic E-state index is -0.374. The second-order valence-corrected chi connectivity index (χ2v) is 5.80. The van der Waals surface area contributed by atoms with E-state index in [9.17, 15) is 8.78 Å². The molecule has 0 aliphatic rings.